The molecule has 3 nitrogen and oxygen atoms in total. The fourth-order valence-electron chi connectivity index (χ4n) is 3.74. The monoisotopic (exact) mass is 273 g/mol. The third kappa shape index (κ3) is 2.83. The van der Waals surface area contributed by atoms with E-state index in [1.54, 1.807) is 0 Å². The Hall–Kier alpha value is -1.09. The van der Waals surface area contributed by atoms with Crippen molar-refractivity contribution in [3.05, 3.63) is 23.9 Å². The van der Waals surface area contributed by atoms with Gasteiger partial charge in [0.1, 0.15) is 5.82 Å². The van der Waals surface area contributed by atoms with Crippen molar-refractivity contribution >= 4 is 5.82 Å². The number of fused-ring (bicyclic) bond motifs is 1. The van der Waals surface area contributed by atoms with Gasteiger partial charge in [0, 0.05) is 25.3 Å². The lowest BCUT2D eigenvalue weighted by molar-refractivity contribution is 0.494. The van der Waals surface area contributed by atoms with Crippen LogP contribution in [0.3, 0.4) is 0 Å². The number of pyridine rings is 1. The van der Waals surface area contributed by atoms with Crippen LogP contribution in [0.15, 0.2) is 18.3 Å². The van der Waals surface area contributed by atoms with Crippen LogP contribution < -0.4 is 10.2 Å². The molecule has 20 heavy (non-hydrogen) atoms. The van der Waals surface area contributed by atoms with Crippen molar-refractivity contribution in [2.24, 2.45) is 11.8 Å². The topological polar surface area (TPSA) is 28.2 Å². The first kappa shape index (κ1) is 13.9. The van der Waals surface area contributed by atoms with Crippen LogP contribution >= 0.6 is 0 Å². The highest BCUT2D eigenvalue weighted by molar-refractivity contribution is 5.41. The van der Waals surface area contributed by atoms with E-state index >= 15 is 0 Å². The third-order valence-electron chi connectivity index (χ3n) is 5.02. The standard InChI is InChI=1S/C17H27N3/c1-3-9-18-13(2)14-7-8-17(19-10-14)20-11-15-5-4-6-16(15)12-20/h7-8,10,13,15-16,18H,3-6,9,11-12H2,1-2H3. The van der Waals surface area contributed by atoms with Crippen molar-refractivity contribution in [2.45, 2.75) is 45.6 Å². The highest BCUT2D eigenvalue weighted by Crippen LogP contribution is 2.39. The highest BCUT2D eigenvalue weighted by atomic mass is 15.2. The first-order valence-corrected chi connectivity index (χ1v) is 8.22. The van der Waals surface area contributed by atoms with Gasteiger partial charge in [0.25, 0.3) is 0 Å². The maximum Gasteiger partial charge on any atom is 0.128 e. The Morgan fingerprint density at radius 1 is 1.30 bits per heavy atom. The van der Waals surface area contributed by atoms with Crippen LogP contribution in [-0.4, -0.2) is 24.6 Å². The Morgan fingerprint density at radius 3 is 2.65 bits per heavy atom. The molecule has 3 atom stereocenters. The van der Waals surface area contributed by atoms with E-state index in [9.17, 15) is 0 Å². The molecule has 0 aromatic carbocycles. The Bertz CT molecular complexity index is 416. The largest absolute Gasteiger partial charge is 0.356 e. The summed E-state index contributed by atoms with van der Waals surface area (Å²) in [5.74, 6) is 3.04. The van der Waals surface area contributed by atoms with Crippen molar-refractivity contribution in [1.82, 2.24) is 10.3 Å². The second kappa shape index (κ2) is 6.13. The summed E-state index contributed by atoms with van der Waals surface area (Å²) in [6.45, 7) is 7.93. The van der Waals surface area contributed by atoms with E-state index in [4.69, 9.17) is 4.98 Å². The summed E-state index contributed by atoms with van der Waals surface area (Å²) >= 11 is 0. The summed E-state index contributed by atoms with van der Waals surface area (Å²) in [6.07, 6.45) is 7.52. The number of rotatable bonds is 5. The number of aromatic nitrogens is 1. The molecule has 110 valence electrons. The van der Waals surface area contributed by atoms with Gasteiger partial charge in [0.15, 0.2) is 0 Å². The average molecular weight is 273 g/mol. The Labute approximate surface area is 122 Å². The lowest BCUT2D eigenvalue weighted by atomic mass is 10.0. The predicted octanol–water partition coefficient (Wildman–Crippen LogP) is 3.38. The molecule has 1 aromatic heterocycles. The van der Waals surface area contributed by atoms with Crippen LogP contribution in [0.4, 0.5) is 5.82 Å². The smallest absolute Gasteiger partial charge is 0.128 e. The van der Waals surface area contributed by atoms with Crippen LogP contribution in [0, 0.1) is 11.8 Å². The Kier molecular flexibility index (Phi) is 4.25. The van der Waals surface area contributed by atoms with Crippen molar-refractivity contribution in [1.29, 1.82) is 0 Å². The van der Waals surface area contributed by atoms with Gasteiger partial charge >= 0.3 is 0 Å². The molecule has 1 aliphatic carbocycles. The van der Waals surface area contributed by atoms with E-state index in [1.807, 2.05) is 0 Å². The van der Waals surface area contributed by atoms with Gasteiger partial charge in [0.05, 0.1) is 0 Å². The second-order valence-corrected chi connectivity index (χ2v) is 6.48. The van der Waals surface area contributed by atoms with Crippen LogP contribution in [0.25, 0.3) is 0 Å². The summed E-state index contributed by atoms with van der Waals surface area (Å²) in [5.41, 5.74) is 1.29. The van der Waals surface area contributed by atoms with Crippen LogP contribution in [0.5, 0.6) is 0 Å². The van der Waals surface area contributed by atoms with Gasteiger partial charge in [-0.2, -0.15) is 0 Å². The summed E-state index contributed by atoms with van der Waals surface area (Å²) in [4.78, 5) is 7.19. The zero-order valence-electron chi connectivity index (χ0n) is 12.8. The van der Waals surface area contributed by atoms with Gasteiger partial charge in [-0.05, 0) is 56.2 Å². The molecule has 1 aliphatic heterocycles. The molecule has 1 saturated carbocycles. The van der Waals surface area contributed by atoms with Gasteiger partial charge in [0.2, 0.25) is 0 Å². The summed E-state index contributed by atoms with van der Waals surface area (Å²) in [7, 11) is 0. The molecule has 2 heterocycles. The molecular weight excluding hydrogens is 246 g/mol. The van der Waals surface area contributed by atoms with Gasteiger partial charge in [-0.15, -0.1) is 0 Å². The first-order valence-electron chi connectivity index (χ1n) is 8.22. The third-order valence-corrected chi connectivity index (χ3v) is 5.02. The fraction of sp³-hybridized carbons (Fsp3) is 0.706. The highest BCUT2D eigenvalue weighted by Gasteiger charge is 2.36. The maximum absolute atomic E-state index is 4.70. The molecule has 1 aromatic rings. The molecule has 1 N–H and O–H groups in total. The summed E-state index contributed by atoms with van der Waals surface area (Å²) in [6, 6.07) is 4.85. The second-order valence-electron chi connectivity index (χ2n) is 6.48. The number of anilines is 1. The molecule has 0 spiro atoms. The zero-order chi connectivity index (χ0) is 13.9. The van der Waals surface area contributed by atoms with Gasteiger partial charge in [-0.1, -0.05) is 19.4 Å². The van der Waals surface area contributed by atoms with Gasteiger partial charge < -0.3 is 10.2 Å². The quantitative estimate of drug-likeness (QED) is 0.891. The van der Waals surface area contributed by atoms with Crippen molar-refractivity contribution in [3.8, 4) is 0 Å². The molecular formula is C17H27N3. The van der Waals surface area contributed by atoms with Crippen molar-refractivity contribution < 1.29 is 0 Å². The lowest BCUT2D eigenvalue weighted by Crippen LogP contribution is -2.22. The molecule has 2 fully saturated rings. The average Bonchev–Trinajstić information content (AvgIpc) is 3.06. The number of nitrogens with zero attached hydrogens (tertiary/aromatic N) is 2. The number of nitrogens with one attached hydrogen (secondary N) is 1. The first-order chi connectivity index (χ1) is 9.78. The van der Waals surface area contributed by atoms with E-state index in [0.717, 1.165) is 18.4 Å². The van der Waals surface area contributed by atoms with Crippen molar-refractivity contribution in [2.75, 3.05) is 24.5 Å². The minimum Gasteiger partial charge on any atom is -0.356 e. The number of hydrogen-bond acceptors (Lipinski definition) is 3. The van der Waals surface area contributed by atoms with Crippen molar-refractivity contribution in [3.63, 3.8) is 0 Å². The van der Waals surface area contributed by atoms with Crippen LogP contribution in [0.2, 0.25) is 0 Å². The van der Waals surface area contributed by atoms with E-state index in [0.29, 0.717) is 6.04 Å². The molecule has 1 saturated heterocycles. The van der Waals surface area contributed by atoms with Crippen LogP contribution in [0.1, 0.15) is 51.1 Å². The number of hydrogen-bond donors (Lipinski definition) is 1. The minimum absolute atomic E-state index is 0.398. The molecule has 3 heteroatoms. The van der Waals surface area contributed by atoms with Gasteiger partial charge in [-0.25, -0.2) is 4.98 Å². The Balaban J connectivity index is 1.61. The van der Waals surface area contributed by atoms with Gasteiger partial charge in [-0.3, -0.25) is 0 Å². The molecule has 3 unspecified atom stereocenters. The summed E-state index contributed by atoms with van der Waals surface area (Å²) < 4.78 is 0. The molecule has 2 aliphatic rings. The predicted molar refractivity (Wildman–Crippen MR) is 84.0 cm³/mol. The maximum atomic E-state index is 4.70. The fourth-order valence-corrected chi connectivity index (χ4v) is 3.74. The minimum atomic E-state index is 0.398. The molecule has 0 radical (unpaired) electrons. The van der Waals surface area contributed by atoms with Crippen LogP contribution in [-0.2, 0) is 0 Å². The molecule has 0 bridgehead atoms. The summed E-state index contributed by atoms with van der Waals surface area (Å²) in [5, 5.41) is 3.52. The lowest BCUT2D eigenvalue weighted by Gasteiger charge is -2.19. The van der Waals surface area contributed by atoms with E-state index in [-0.39, 0.29) is 0 Å². The normalized spacial score (nSPS) is 26.8. The van der Waals surface area contributed by atoms with E-state index in [1.165, 1.54) is 50.2 Å². The molecule has 3 rings (SSSR count). The Morgan fingerprint density at radius 2 is 2.05 bits per heavy atom. The van der Waals surface area contributed by atoms with E-state index in [2.05, 4.69) is 42.4 Å². The zero-order valence-corrected chi connectivity index (χ0v) is 12.8. The van der Waals surface area contributed by atoms with E-state index < -0.39 is 0 Å². The molecule has 0 amide bonds. The SMILES string of the molecule is CCCNC(C)c1ccc(N2CC3CCCC3C2)nc1.